The molecule has 0 aromatic heterocycles. The first-order valence-corrected chi connectivity index (χ1v) is 9.53. The van der Waals surface area contributed by atoms with E-state index in [4.69, 9.17) is 0 Å². The lowest BCUT2D eigenvalue weighted by Gasteiger charge is -2.38. The normalized spacial score (nSPS) is 16.0. The van der Waals surface area contributed by atoms with Crippen molar-refractivity contribution in [3.8, 4) is 5.75 Å². The molecule has 3 aromatic rings. The second-order valence-electron chi connectivity index (χ2n) is 6.71. The van der Waals surface area contributed by atoms with Gasteiger partial charge in [0.15, 0.2) is 0 Å². The van der Waals surface area contributed by atoms with Gasteiger partial charge in [-0.2, -0.15) is 0 Å². The number of aromatic hydroxyl groups is 1. The highest BCUT2D eigenvalue weighted by molar-refractivity contribution is 9.10. The van der Waals surface area contributed by atoms with Crippen LogP contribution in [0.5, 0.6) is 5.75 Å². The molecular formula is C22H19BrN2O2. The van der Waals surface area contributed by atoms with Crippen LogP contribution in [0.3, 0.4) is 0 Å². The van der Waals surface area contributed by atoms with E-state index in [1.807, 2.05) is 61.5 Å². The van der Waals surface area contributed by atoms with Crippen molar-refractivity contribution in [3.05, 3.63) is 93.5 Å². The summed E-state index contributed by atoms with van der Waals surface area (Å²) in [6.45, 7) is 2.48. The Kier molecular flexibility index (Phi) is 4.62. The van der Waals surface area contributed by atoms with Gasteiger partial charge < -0.3 is 15.3 Å². The molecule has 1 aliphatic heterocycles. The van der Waals surface area contributed by atoms with Gasteiger partial charge in [-0.05, 0) is 42.8 Å². The highest BCUT2D eigenvalue weighted by Crippen LogP contribution is 2.38. The minimum atomic E-state index is -0.466. The van der Waals surface area contributed by atoms with Crippen LogP contribution in [0.4, 0.5) is 5.69 Å². The fraction of sp³-hybridized carbons (Fsp3) is 0.136. The zero-order valence-corrected chi connectivity index (χ0v) is 16.4. The first-order chi connectivity index (χ1) is 13.0. The number of phenols is 1. The third kappa shape index (κ3) is 3.43. The molecule has 0 spiro atoms. The van der Waals surface area contributed by atoms with E-state index in [0.717, 1.165) is 15.7 Å². The molecule has 1 amide bonds. The molecule has 0 saturated carbocycles. The van der Waals surface area contributed by atoms with E-state index in [1.165, 1.54) is 5.56 Å². The average Bonchev–Trinajstić information content (AvgIpc) is 2.67. The number of anilines is 1. The van der Waals surface area contributed by atoms with Crippen LogP contribution in [0.15, 0.2) is 71.2 Å². The van der Waals surface area contributed by atoms with Crippen molar-refractivity contribution in [2.24, 2.45) is 0 Å². The number of carbonyl (C=O) groups excluding carboxylic acids is 1. The molecular weight excluding hydrogens is 404 g/mol. The van der Waals surface area contributed by atoms with E-state index in [0.29, 0.717) is 17.7 Å². The molecule has 136 valence electrons. The molecule has 4 rings (SSSR count). The predicted molar refractivity (Wildman–Crippen MR) is 110 cm³/mol. The second kappa shape index (κ2) is 7.08. The second-order valence-corrected chi connectivity index (χ2v) is 7.63. The Morgan fingerprint density at radius 3 is 2.59 bits per heavy atom. The number of benzene rings is 3. The molecule has 1 heterocycles. The van der Waals surface area contributed by atoms with Crippen molar-refractivity contribution in [3.63, 3.8) is 0 Å². The molecule has 4 nitrogen and oxygen atoms in total. The van der Waals surface area contributed by atoms with Gasteiger partial charge in [-0.25, -0.2) is 0 Å². The van der Waals surface area contributed by atoms with E-state index in [2.05, 4.69) is 21.2 Å². The van der Waals surface area contributed by atoms with Crippen molar-refractivity contribution in [2.45, 2.75) is 19.6 Å². The number of amides is 1. The minimum absolute atomic E-state index is 0.0608. The Morgan fingerprint density at radius 1 is 1.07 bits per heavy atom. The van der Waals surface area contributed by atoms with Crippen molar-refractivity contribution >= 4 is 27.5 Å². The summed E-state index contributed by atoms with van der Waals surface area (Å²) in [4.78, 5) is 15.0. The third-order valence-corrected chi connectivity index (χ3v) is 5.27. The van der Waals surface area contributed by atoms with Crippen LogP contribution < -0.4 is 5.32 Å². The zero-order chi connectivity index (χ0) is 19.0. The molecule has 3 aromatic carbocycles. The summed E-state index contributed by atoms with van der Waals surface area (Å²) in [6.07, 6.45) is -0.466. The Hall–Kier alpha value is -2.79. The summed E-state index contributed by atoms with van der Waals surface area (Å²) in [5.74, 6) is 0.0890. The summed E-state index contributed by atoms with van der Waals surface area (Å²) in [7, 11) is 0. The number of para-hydroxylation sites is 1. The van der Waals surface area contributed by atoms with Gasteiger partial charge in [0.1, 0.15) is 11.9 Å². The summed E-state index contributed by atoms with van der Waals surface area (Å²) in [5, 5.41) is 13.9. The van der Waals surface area contributed by atoms with Crippen molar-refractivity contribution < 1.29 is 9.90 Å². The Bertz CT molecular complexity index is 1000. The maximum Gasteiger partial charge on any atom is 0.258 e. The standard InChI is InChI=1S/C22H19BrN2O2/c1-14-6-8-15(9-7-14)13-25-21(18-12-16(23)10-11-20(18)26)24-19-5-3-2-4-17(19)22(25)27/h2-12,21,24,26H,13H2,1H3/t21-/m1/s1. The van der Waals surface area contributed by atoms with Gasteiger partial charge in [0.05, 0.1) is 5.56 Å². The minimum Gasteiger partial charge on any atom is -0.508 e. The van der Waals surface area contributed by atoms with E-state index >= 15 is 0 Å². The lowest BCUT2D eigenvalue weighted by molar-refractivity contribution is 0.0665. The van der Waals surface area contributed by atoms with Crippen molar-refractivity contribution in [2.75, 3.05) is 5.32 Å². The van der Waals surface area contributed by atoms with Gasteiger partial charge in [0.25, 0.3) is 5.91 Å². The SMILES string of the molecule is Cc1ccc(CN2C(=O)c3ccccc3N[C@H]2c2cc(Br)ccc2O)cc1. The van der Waals surface area contributed by atoms with Crippen LogP contribution in [-0.4, -0.2) is 15.9 Å². The van der Waals surface area contributed by atoms with Gasteiger partial charge in [0, 0.05) is 22.3 Å². The third-order valence-electron chi connectivity index (χ3n) is 4.78. The lowest BCUT2D eigenvalue weighted by atomic mass is 10.0. The number of nitrogens with zero attached hydrogens (tertiary/aromatic N) is 1. The first kappa shape index (κ1) is 17.6. The number of fused-ring (bicyclic) bond motifs is 1. The largest absolute Gasteiger partial charge is 0.508 e. The number of phenolic OH excluding ortho intramolecular Hbond substituents is 1. The number of carbonyl (C=O) groups is 1. The topological polar surface area (TPSA) is 52.6 Å². The van der Waals surface area contributed by atoms with Crippen LogP contribution in [-0.2, 0) is 6.54 Å². The van der Waals surface area contributed by atoms with Crippen LogP contribution in [0.2, 0.25) is 0 Å². The number of hydrogen-bond acceptors (Lipinski definition) is 3. The highest BCUT2D eigenvalue weighted by atomic mass is 79.9. The Balaban J connectivity index is 1.79. The van der Waals surface area contributed by atoms with Gasteiger partial charge in [-0.15, -0.1) is 0 Å². The molecule has 1 aliphatic rings. The van der Waals surface area contributed by atoms with Gasteiger partial charge in [-0.1, -0.05) is 57.9 Å². The molecule has 1 atom stereocenters. The van der Waals surface area contributed by atoms with Crippen LogP contribution >= 0.6 is 15.9 Å². The molecule has 0 fully saturated rings. The fourth-order valence-corrected chi connectivity index (χ4v) is 3.71. The Labute approximate surface area is 166 Å². The summed E-state index contributed by atoms with van der Waals surface area (Å²) < 4.78 is 0.846. The highest BCUT2D eigenvalue weighted by Gasteiger charge is 2.34. The molecule has 0 radical (unpaired) electrons. The summed E-state index contributed by atoms with van der Waals surface area (Å²) >= 11 is 3.46. The number of rotatable bonds is 3. The molecule has 0 bridgehead atoms. The number of nitrogens with one attached hydrogen (secondary N) is 1. The molecule has 2 N–H and O–H groups in total. The Morgan fingerprint density at radius 2 is 1.81 bits per heavy atom. The fourth-order valence-electron chi connectivity index (χ4n) is 3.34. The molecule has 0 aliphatic carbocycles. The number of hydrogen-bond donors (Lipinski definition) is 2. The molecule has 27 heavy (non-hydrogen) atoms. The first-order valence-electron chi connectivity index (χ1n) is 8.73. The molecule has 0 unspecified atom stereocenters. The van der Waals surface area contributed by atoms with Crippen molar-refractivity contribution in [1.29, 1.82) is 0 Å². The van der Waals surface area contributed by atoms with Crippen LogP contribution in [0, 0.1) is 6.92 Å². The van der Waals surface area contributed by atoms with E-state index < -0.39 is 6.17 Å². The van der Waals surface area contributed by atoms with Crippen LogP contribution in [0.1, 0.15) is 33.2 Å². The smallest absolute Gasteiger partial charge is 0.258 e. The van der Waals surface area contributed by atoms with E-state index in [-0.39, 0.29) is 11.7 Å². The molecule has 0 saturated heterocycles. The summed E-state index contributed by atoms with van der Waals surface area (Å²) in [5.41, 5.74) is 4.27. The van der Waals surface area contributed by atoms with Gasteiger partial charge in [0.2, 0.25) is 0 Å². The van der Waals surface area contributed by atoms with Crippen molar-refractivity contribution in [1.82, 2.24) is 4.90 Å². The average molecular weight is 423 g/mol. The maximum absolute atomic E-state index is 13.3. The number of halogens is 1. The van der Waals surface area contributed by atoms with E-state index in [1.54, 1.807) is 17.0 Å². The quantitative estimate of drug-likeness (QED) is 0.607. The number of aryl methyl sites for hydroxylation is 1. The summed E-state index contributed by atoms with van der Waals surface area (Å²) in [6, 6.07) is 20.9. The lowest BCUT2D eigenvalue weighted by Crippen LogP contribution is -2.42. The predicted octanol–water partition coefficient (Wildman–Crippen LogP) is 5.23. The van der Waals surface area contributed by atoms with Gasteiger partial charge in [-0.3, -0.25) is 4.79 Å². The monoisotopic (exact) mass is 422 g/mol. The van der Waals surface area contributed by atoms with E-state index in [9.17, 15) is 9.90 Å². The van der Waals surface area contributed by atoms with Gasteiger partial charge >= 0.3 is 0 Å². The molecule has 5 heteroatoms. The zero-order valence-electron chi connectivity index (χ0n) is 14.8. The maximum atomic E-state index is 13.3. The van der Waals surface area contributed by atoms with Crippen LogP contribution in [0.25, 0.3) is 0 Å².